The van der Waals surface area contributed by atoms with E-state index < -0.39 is 0 Å². The van der Waals surface area contributed by atoms with Crippen molar-refractivity contribution in [2.45, 2.75) is 0 Å². The second-order valence-electron chi connectivity index (χ2n) is 3.14. The molecule has 4 nitrogen and oxygen atoms in total. The molecule has 0 radical (unpaired) electrons. The van der Waals surface area contributed by atoms with Gasteiger partial charge in [0.15, 0.2) is 0 Å². The van der Waals surface area contributed by atoms with E-state index in [4.69, 9.17) is 10.5 Å². The van der Waals surface area contributed by atoms with E-state index in [0.717, 1.165) is 15.8 Å². The second kappa shape index (κ2) is 4.49. The number of benzene rings is 1. The van der Waals surface area contributed by atoms with Crippen LogP contribution in [0.4, 0.5) is 5.82 Å². The number of nitrogen functional groups attached to an aromatic ring is 1. The van der Waals surface area contributed by atoms with Gasteiger partial charge in [0.2, 0.25) is 0 Å². The normalized spacial score (nSPS) is 10.1. The number of nitrogens with two attached hydrogens (primary N) is 1. The van der Waals surface area contributed by atoms with Crippen molar-refractivity contribution in [1.29, 1.82) is 0 Å². The molecule has 2 aromatic rings. The highest BCUT2D eigenvalue weighted by Gasteiger charge is 2.07. The van der Waals surface area contributed by atoms with Gasteiger partial charge in [-0.2, -0.15) is 0 Å². The van der Waals surface area contributed by atoms with Crippen molar-refractivity contribution in [3.63, 3.8) is 0 Å². The number of rotatable bonds is 2. The first-order chi connectivity index (χ1) is 7.72. The smallest absolute Gasteiger partial charge is 0.149 e. The van der Waals surface area contributed by atoms with Crippen LogP contribution in [0, 0.1) is 0 Å². The zero-order chi connectivity index (χ0) is 11.5. The van der Waals surface area contributed by atoms with Gasteiger partial charge in [-0.3, -0.25) is 4.98 Å². The highest BCUT2D eigenvalue weighted by Crippen LogP contribution is 2.30. The molecule has 2 N–H and O–H groups in total. The third-order valence-corrected chi connectivity index (χ3v) is 2.77. The van der Waals surface area contributed by atoms with Gasteiger partial charge in [0.25, 0.3) is 0 Å². The fourth-order valence-electron chi connectivity index (χ4n) is 1.38. The molecular weight excluding hydrogens is 270 g/mol. The van der Waals surface area contributed by atoms with Crippen molar-refractivity contribution in [3.8, 4) is 17.0 Å². The Kier molecular flexibility index (Phi) is 3.05. The summed E-state index contributed by atoms with van der Waals surface area (Å²) in [5.74, 6) is 1.19. The Hall–Kier alpha value is -1.62. The number of aromatic nitrogens is 2. The Balaban J connectivity index is 2.50. The van der Waals surface area contributed by atoms with Crippen LogP contribution in [-0.4, -0.2) is 17.1 Å². The molecule has 0 bridgehead atoms. The maximum atomic E-state index is 5.75. The summed E-state index contributed by atoms with van der Waals surface area (Å²) in [5, 5.41) is 0. The van der Waals surface area contributed by atoms with E-state index in [2.05, 4.69) is 25.9 Å². The number of hydrogen-bond acceptors (Lipinski definition) is 4. The van der Waals surface area contributed by atoms with Gasteiger partial charge in [-0.15, -0.1) is 0 Å². The van der Waals surface area contributed by atoms with Gasteiger partial charge < -0.3 is 10.5 Å². The molecule has 16 heavy (non-hydrogen) atoms. The van der Waals surface area contributed by atoms with Crippen LogP contribution in [0.1, 0.15) is 0 Å². The van der Waals surface area contributed by atoms with Gasteiger partial charge in [0, 0.05) is 18.0 Å². The molecule has 0 aliphatic carbocycles. The summed E-state index contributed by atoms with van der Waals surface area (Å²) in [6, 6.07) is 5.65. The minimum atomic E-state index is 0.416. The van der Waals surface area contributed by atoms with Gasteiger partial charge >= 0.3 is 0 Å². The van der Waals surface area contributed by atoms with Gasteiger partial charge in [0.1, 0.15) is 17.3 Å². The fourth-order valence-corrected chi connectivity index (χ4v) is 1.93. The lowest BCUT2D eigenvalue weighted by Gasteiger charge is -2.06. The zero-order valence-corrected chi connectivity index (χ0v) is 10.2. The lowest BCUT2D eigenvalue weighted by molar-refractivity contribution is 0.412. The summed E-state index contributed by atoms with van der Waals surface area (Å²) in [6.07, 6.45) is 3.18. The number of hydrogen-bond donors (Lipinski definition) is 1. The first kappa shape index (κ1) is 10.9. The number of ether oxygens (including phenoxy) is 1. The Morgan fingerprint density at radius 3 is 2.62 bits per heavy atom. The molecule has 1 aromatic heterocycles. The molecular formula is C11H10BrN3O. The van der Waals surface area contributed by atoms with Gasteiger partial charge in [-0.1, -0.05) is 0 Å². The summed E-state index contributed by atoms with van der Waals surface area (Å²) in [6.45, 7) is 0. The molecule has 0 unspecified atom stereocenters. The van der Waals surface area contributed by atoms with Crippen LogP contribution >= 0.6 is 15.9 Å². The van der Waals surface area contributed by atoms with Crippen LogP contribution in [0.25, 0.3) is 11.3 Å². The maximum Gasteiger partial charge on any atom is 0.149 e. The lowest BCUT2D eigenvalue weighted by Crippen LogP contribution is -1.96. The average molecular weight is 280 g/mol. The molecule has 1 heterocycles. The minimum Gasteiger partial charge on any atom is -0.496 e. The van der Waals surface area contributed by atoms with Crippen molar-refractivity contribution in [3.05, 3.63) is 35.1 Å². The second-order valence-corrected chi connectivity index (χ2v) is 3.99. The molecule has 1 aromatic carbocycles. The molecule has 0 saturated heterocycles. The van der Waals surface area contributed by atoms with Gasteiger partial charge in [-0.05, 0) is 34.1 Å². The van der Waals surface area contributed by atoms with E-state index in [9.17, 15) is 0 Å². The highest BCUT2D eigenvalue weighted by atomic mass is 79.9. The molecule has 0 amide bonds. The molecule has 0 fully saturated rings. The molecule has 2 rings (SSSR count). The summed E-state index contributed by atoms with van der Waals surface area (Å²) >= 11 is 3.42. The number of nitrogens with zero attached hydrogens (tertiary/aromatic N) is 2. The van der Waals surface area contributed by atoms with Gasteiger partial charge in [0.05, 0.1) is 11.6 Å². The molecule has 0 saturated carbocycles. The monoisotopic (exact) mass is 279 g/mol. The first-order valence-electron chi connectivity index (χ1n) is 4.63. The lowest BCUT2D eigenvalue weighted by atomic mass is 10.1. The van der Waals surface area contributed by atoms with Crippen LogP contribution in [-0.2, 0) is 0 Å². The Bertz CT molecular complexity index is 516. The Labute approximate surface area is 102 Å². The molecule has 0 aliphatic rings. The predicted molar refractivity (Wildman–Crippen MR) is 66.1 cm³/mol. The summed E-state index contributed by atoms with van der Waals surface area (Å²) < 4.78 is 6.01. The van der Waals surface area contributed by atoms with E-state index in [1.165, 1.54) is 0 Å². The summed E-state index contributed by atoms with van der Waals surface area (Å²) in [4.78, 5) is 8.19. The van der Waals surface area contributed by atoms with Crippen LogP contribution in [0.3, 0.4) is 0 Å². The minimum absolute atomic E-state index is 0.416. The van der Waals surface area contributed by atoms with Crippen molar-refractivity contribution < 1.29 is 4.74 Å². The standard InChI is InChI=1S/C11H10BrN3O/c1-16-9-3-2-7(6-8(9)12)10-11(13)15-5-4-14-10/h2-6H,1H3,(H2,13,15). The van der Waals surface area contributed by atoms with Gasteiger partial charge in [-0.25, -0.2) is 4.98 Å². The van der Waals surface area contributed by atoms with E-state index in [1.807, 2.05) is 18.2 Å². The zero-order valence-electron chi connectivity index (χ0n) is 8.64. The Morgan fingerprint density at radius 1 is 1.25 bits per heavy atom. The van der Waals surface area contributed by atoms with Crippen molar-refractivity contribution >= 4 is 21.7 Å². The fraction of sp³-hybridized carbons (Fsp3) is 0.0909. The van der Waals surface area contributed by atoms with E-state index >= 15 is 0 Å². The third kappa shape index (κ3) is 1.99. The average Bonchev–Trinajstić information content (AvgIpc) is 2.29. The quantitative estimate of drug-likeness (QED) is 0.918. The van der Waals surface area contributed by atoms with Crippen molar-refractivity contribution in [2.24, 2.45) is 0 Å². The van der Waals surface area contributed by atoms with Crippen LogP contribution in [0.15, 0.2) is 35.1 Å². The largest absolute Gasteiger partial charge is 0.496 e. The molecule has 5 heteroatoms. The third-order valence-electron chi connectivity index (χ3n) is 2.15. The molecule has 82 valence electrons. The summed E-state index contributed by atoms with van der Waals surface area (Å²) in [7, 11) is 1.62. The summed E-state index contributed by atoms with van der Waals surface area (Å²) in [5.41, 5.74) is 7.33. The molecule has 0 spiro atoms. The molecule has 0 aliphatic heterocycles. The van der Waals surface area contributed by atoms with E-state index in [0.29, 0.717) is 11.5 Å². The first-order valence-corrected chi connectivity index (χ1v) is 5.42. The number of methoxy groups -OCH3 is 1. The SMILES string of the molecule is COc1ccc(-c2nccnc2N)cc1Br. The highest BCUT2D eigenvalue weighted by molar-refractivity contribution is 9.10. The predicted octanol–water partition coefficient (Wildman–Crippen LogP) is 2.50. The topological polar surface area (TPSA) is 61.0 Å². The maximum absolute atomic E-state index is 5.75. The number of anilines is 1. The van der Waals surface area contributed by atoms with Crippen LogP contribution in [0.5, 0.6) is 5.75 Å². The van der Waals surface area contributed by atoms with E-state index in [1.54, 1.807) is 19.5 Å². The number of halogens is 1. The van der Waals surface area contributed by atoms with Crippen molar-refractivity contribution in [1.82, 2.24) is 9.97 Å². The van der Waals surface area contributed by atoms with Crippen molar-refractivity contribution in [2.75, 3.05) is 12.8 Å². The van der Waals surface area contributed by atoms with Crippen LogP contribution < -0.4 is 10.5 Å². The Morgan fingerprint density at radius 2 is 2.00 bits per heavy atom. The van der Waals surface area contributed by atoms with Crippen LogP contribution in [0.2, 0.25) is 0 Å². The van der Waals surface area contributed by atoms with E-state index in [-0.39, 0.29) is 0 Å². The molecule has 0 atom stereocenters.